The van der Waals surface area contributed by atoms with E-state index in [0.717, 1.165) is 12.5 Å². The Labute approximate surface area is 111 Å². The largest absolute Gasteiger partial charge is 0.409 e. The molecule has 0 saturated carbocycles. The summed E-state index contributed by atoms with van der Waals surface area (Å²) in [7, 11) is 0. The van der Waals surface area contributed by atoms with Gasteiger partial charge in [-0.05, 0) is 24.1 Å². The number of benzene rings is 1. The van der Waals surface area contributed by atoms with E-state index in [0.29, 0.717) is 12.1 Å². The molecule has 1 amide bonds. The van der Waals surface area contributed by atoms with Crippen LogP contribution >= 0.6 is 0 Å². The minimum atomic E-state index is -0.526. The Morgan fingerprint density at radius 2 is 2.26 bits per heavy atom. The van der Waals surface area contributed by atoms with Crippen molar-refractivity contribution in [2.24, 2.45) is 16.8 Å². The van der Waals surface area contributed by atoms with Crippen molar-refractivity contribution in [1.29, 1.82) is 0 Å². The number of hydrogen-bond acceptors (Lipinski definition) is 3. The second-order valence-electron chi connectivity index (χ2n) is 4.44. The molecule has 0 aliphatic carbocycles. The second kappa shape index (κ2) is 6.72. The van der Waals surface area contributed by atoms with Gasteiger partial charge >= 0.3 is 0 Å². The van der Waals surface area contributed by atoms with E-state index >= 15 is 0 Å². The summed E-state index contributed by atoms with van der Waals surface area (Å²) in [4.78, 5) is 11.8. The number of nitrogens with one attached hydrogen (secondary N) is 1. The molecular formula is C13H18FN3O2. The van der Waals surface area contributed by atoms with Crippen LogP contribution in [0.15, 0.2) is 23.4 Å². The topological polar surface area (TPSA) is 87.7 Å². The van der Waals surface area contributed by atoms with Crippen LogP contribution in [0.1, 0.15) is 32.3 Å². The highest BCUT2D eigenvalue weighted by atomic mass is 19.1. The molecule has 0 heterocycles. The molecule has 1 rings (SSSR count). The maximum absolute atomic E-state index is 13.1. The second-order valence-corrected chi connectivity index (χ2v) is 4.44. The first kappa shape index (κ1) is 14.9. The van der Waals surface area contributed by atoms with Crippen molar-refractivity contribution in [3.63, 3.8) is 0 Å². The van der Waals surface area contributed by atoms with Crippen LogP contribution in [0, 0.1) is 11.7 Å². The van der Waals surface area contributed by atoms with Gasteiger partial charge in [-0.3, -0.25) is 4.79 Å². The van der Waals surface area contributed by atoms with Crippen LogP contribution in [-0.2, 0) is 4.79 Å². The van der Waals surface area contributed by atoms with Gasteiger partial charge in [-0.2, -0.15) is 0 Å². The molecule has 0 bridgehead atoms. The monoisotopic (exact) mass is 267 g/mol. The number of amides is 1. The molecule has 19 heavy (non-hydrogen) atoms. The predicted molar refractivity (Wildman–Crippen MR) is 71.6 cm³/mol. The lowest BCUT2D eigenvalue weighted by Gasteiger charge is -2.12. The maximum Gasteiger partial charge on any atom is 0.224 e. The summed E-state index contributed by atoms with van der Waals surface area (Å²) in [6, 6.07) is 3.69. The van der Waals surface area contributed by atoms with Gasteiger partial charge in [0.2, 0.25) is 5.91 Å². The number of anilines is 1. The Morgan fingerprint density at radius 3 is 2.84 bits per heavy atom. The van der Waals surface area contributed by atoms with Crippen molar-refractivity contribution in [1.82, 2.24) is 0 Å². The highest BCUT2D eigenvalue weighted by Gasteiger charge is 2.13. The number of oxime groups is 1. The maximum atomic E-state index is 13.1. The number of amidine groups is 1. The average Bonchev–Trinajstić information content (AvgIpc) is 2.39. The van der Waals surface area contributed by atoms with Crippen LogP contribution in [0.2, 0.25) is 0 Å². The summed E-state index contributed by atoms with van der Waals surface area (Å²) in [5, 5.41) is 14.1. The lowest BCUT2D eigenvalue weighted by atomic mass is 10.0. The molecule has 1 unspecified atom stereocenters. The van der Waals surface area contributed by atoms with Crippen LogP contribution in [0.3, 0.4) is 0 Å². The Kier molecular flexibility index (Phi) is 5.29. The number of halogens is 1. The highest BCUT2D eigenvalue weighted by Crippen LogP contribution is 2.18. The van der Waals surface area contributed by atoms with Gasteiger partial charge in [-0.25, -0.2) is 4.39 Å². The summed E-state index contributed by atoms with van der Waals surface area (Å²) >= 11 is 0. The summed E-state index contributed by atoms with van der Waals surface area (Å²) < 4.78 is 13.1. The number of hydrogen-bond donors (Lipinski definition) is 3. The Bertz CT molecular complexity index is 489. The fourth-order valence-electron chi connectivity index (χ4n) is 1.55. The fourth-order valence-corrected chi connectivity index (χ4v) is 1.55. The smallest absolute Gasteiger partial charge is 0.224 e. The number of rotatable bonds is 5. The summed E-state index contributed by atoms with van der Waals surface area (Å²) in [6.45, 7) is 3.96. The van der Waals surface area contributed by atoms with Crippen molar-refractivity contribution in [2.45, 2.75) is 26.7 Å². The molecule has 0 aliphatic heterocycles. The highest BCUT2D eigenvalue weighted by molar-refractivity contribution is 6.05. The summed E-state index contributed by atoms with van der Waals surface area (Å²) in [6.07, 6.45) is 1.26. The Balaban J connectivity index is 2.92. The average molecular weight is 267 g/mol. The van der Waals surface area contributed by atoms with E-state index in [1.54, 1.807) is 0 Å². The van der Waals surface area contributed by atoms with Gasteiger partial charge in [0.25, 0.3) is 0 Å². The van der Waals surface area contributed by atoms with E-state index in [1.165, 1.54) is 12.1 Å². The normalized spacial score (nSPS) is 13.1. The van der Waals surface area contributed by atoms with Gasteiger partial charge in [-0.1, -0.05) is 25.4 Å². The number of nitrogens with zero attached hydrogens (tertiary/aromatic N) is 1. The van der Waals surface area contributed by atoms with Gasteiger partial charge < -0.3 is 16.3 Å². The molecule has 104 valence electrons. The first-order valence-corrected chi connectivity index (χ1v) is 6.05. The predicted octanol–water partition coefficient (Wildman–Crippen LogP) is 2.29. The number of carbonyl (C=O) groups excluding carboxylic acids is 1. The van der Waals surface area contributed by atoms with E-state index in [9.17, 15) is 9.18 Å². The molecule has 0 saturated heterocycles. The van der Waals surface area contributed by atoms with E-state index in [2.05, 4.69) is 10.5 Å². The minimum absolute atomic E-state index is 0.153. The third-order valence-electron chi connectivity index (χ3n) is 2.87. The number of nitrogens with two attached hydrogens (primary N) is 1. The summed E-state index contributed by atoms with van der Waals surface area (Å²) in [5.41, 5.74) is 5.93. The van der Waals surface area contributed by atoms with Crippen LogP contribution in [0.5, 0.6) is 0 Å². The standard InChI is InChI=1S/C13H18FN3O2/c1-3-8(2)6-12(18)16-11-5-4-9(14)7-10(11)13(15)17-19/h4-5,7-8,19H,3,6H2,1-2H3,(H2,15,17)(H,16,18). The van der Waals surface area contributed by atoms with Crippen LogP contribution in [0.25, 0.3) is 0 Å². The van der Waals surface area contributed by atoms with E-state index in [1.807, 2.05) is 13.8 Å². The minimum Gasteiger partial charge on any atom is -0.409 e. The van der Waals surface area contributed by atoms with Gasteiger partial charge in [0.15, 0.2) is 5.84 Å². The first-order valence-electron chi connectivity index (χ1n) is 6.05. The van der Waals surface area contributed by atoms with Gasteiger partial charge in [0, 0.05) is 12.0 Å². The molecule has 4 N–H and O–H groups in total. The molecular weight excluding hydrogens is 249 g/mol. The first-order chi connectivity index (χ1) is 8.97. The molecule has 1 aromatic carbocycles. The van der Waals surface area contributed by atoms with Crippen molar-refractivity contribution in [3.05, 3.63) is 29.6 Å². The quantitative estimate of drug-likeness (QED) is 0.331. The zero-order chi connectivity index (χ0) is 14.4. The molecule has 5 nitrogen and oxygen atoms in total. The van der Waals surface area contributed by atoms with Crippen LogP contribution in [-0.4, -0.2) is 17.0 Å². The lowest BCUT2D eigenvalue weighted by molar-refractivity contribution is -0.117. The molecule has 6 heteroatoms. The third kappa shape index (κ3) is 4.24. The molecule has 1 atom stereocenters. The summed E-state index contributed by atoms with van der Waals surface area (Å²) in [5.74, 6) is -0.708. The van der Waals surface area contributed by atoms with Gasteiger partial charge in [-0.15, -0.1) is 0 Å². The van der Waals surface area contributed by atoms with Crippen LogP contribution < -0.4 is 11.1 Å². The van der Waals surface area contributed by atoms with Crippen molar-refractivity contribution >= 4 is 17.4 Å². The van der Waals surface area contributed by atoms with E-state index < -0.39 is 5.82 Å². The van der Waals surface area contributed by atoms with Gasteiger partial charge in [0.05, 0.1) is 5.69 Å². The van der Waals surface area contributed by atoms with Crippen molar-refractivity contribution in [3.8, 4) is 0 Å². The molecule has 0 spiro atoms. The van der Waals surface area contributed by atoms with Crippen molar-refractivity contribution in [2.75, 3.05) is 5.32 Å². The Morgan fingerprint density at radius 1 is 1.58 bits per heavy atom. The molecule has 0 fully saturated rings. The molecule has 0 radical (unpaired) electrons. The SMILES string of the molecule is CCC(C)CC(=O)Nc1ccc(F)cc1/C(N)=N/O. The lowest BCUT2D eigenvalue weighted by Crippen LogP contribution is -2.20. The third-order valence-corrected chi connectivity index (χ3v) is 2.87. The zero-order valence-electron chi connectivity index (χ0n) is 11.0. The zero-order valence-corrected chi connectivity index (χ0v) is 11.0. The molecule has 0 aliphatic rings. The fraction of sp³-hybridized carbons (Fsp3) is 0.385. The van der Waals surface area contributed by atoms with E-state index in [-0.39, 0.29) is 23.2 Å². The Hall–Kier alpha value is -2.11. The number of carbonyl (C=O) groups is 1. The van der Waals surface area contributed by atoms with Crippen LogP contribution in [0.4, 0.5) is 10.1 Å². The van der Waals surface area contributed by atoms with Crippen molar-refractivity contribution < 1.29 is 14.4 Å². The van der Waals surface area contributed by atoms with E-state index in [4.69, 9.17) is 10.9 Å². The molecule has 0 aromatic heterocycles. The van der Waals surface area contributed by atoms with Gasteiger partial charge in [0.1, 0.15) is 5.82 Å². The molecule has 1 aromatic rings.